The van der Waals surface area contributed by atoms with Crippen molar-refractivity contribution in [3.8, 4) is 0 Å². The summed E-state index contributed by atoms with van der Waals surface area (Å²) in [5.41, 5.74) is 1.83. The molecule has 0 radical (unpaired) electrons. The van der Waals surface area contributed by atoms with Gasteiger partial charge in [0.1, 0.15) is 12.6 Å². The molecule has 1 atom stereocenters. The zero-order chi connectivity index (χ0) is 32.6. The summed E-state index contributed by atoms with van der Waals surface area (Å²) < 4.78 is 30.0. The fourth-order valence-electron chi connectivity index (χ4n) is 4.70. The predicted octanol–water partition coefficient (Wildman–Crippen LogP) is 7.36. The molecule has 1 N–H and O–H groups in total. The average Bonchev–Trinajstić information content (AvgIpc) is 3.01. The minimum absolute atomic E-state index is 0.0475. The van der Waals surface area contributed by atoms with Crippen molar-refractivity contribution in [3.63, 3.8) is 0 Å². The second-order valence-electron chi connectivity index (χ2n) is 10.9. The van der Waals surface area contributed by atoms with Crippen molar-refractivity contribution < 1.29 is 18.0 Å². The van der Waals surface area contributed by atoms with Gasteiger partial charge in [0.15, 0.2) is 0 Å². The Balaban J connectivity index is 1.80. The molecular weight excluding hydrogens is 697 g/mol. The maximum atomic E-state index is 14.5. The largest absolute Gasteiger partial charge is 0.354 e. The first-order valence-electron chi connectivity index (χ1n) is 14.3. The zero-order valence-corrected chi connectivity index (χ0v) is 28.8. The van der Waals surface area contributed by atoms with Crippen molar-refractivity contribution in [1.29, 1.82) is 0 Å². The first kappa shape index (κ1) is 34.5. The van der Waals surface area contributed by atoms with Crippen molar-refractivity contribution in [2.24, 2.45) is 5.92 Å². The molecule has 11 heteroatoms. The van der Waals surface area contributed by atoms with E-state index < -0.39 is 28.5 Å². The van der Waals surface area contributed by atoms with Crippen molar-refractivity contribution in [3.05, 3.63) is 129 Å². The van der Waals surface area contributed by atoms with Crippen LogP contribution in [-0.4, -0.2) is 44.3 Å². The summed E-state index contributed by atoms with van der Waals surface area (Å²) in [6, 6.07) is 27.9. The number of hydrogen-bond donors (Lipinski definition) is 1. The van der Waals surface area contributed by atoms with Gasteiger partial charge >= 0.3 is 0 Å². The van der Waals surface area contributed by atoms with Gasteiger partial charge in [-0.3, -0.25) is 13.9 Å². The second kappa shape index (κ2) is 15.8. The molecule has 2 amide bonds. The standard InChI is InChI=1S/C34H34BrCl2N3O4S/c1-24(2)21-38-34(42)32(19-25-8-4-3-5-9-25)39(22-26-10-6-11-27(35)18-26)33(41)23-40(30-13-7-12-29(37)20-30)45(43,44)31-16-14-28(36)15-17-31/h3-18,20,24,32H,19,21-23H2,1-2H3,(H,38,42)/t32-/m1/s1. The van der Waals surface area contributed by atoms with Gasteiger partial charge in [-0.2, -0.15) is 0 Å². The third kappa shape index (κ3) is 9.56. The molecule has 4 aromatic carbocycles. The molecule has 0 unspecified atom stereocenters. The number of rotatable bonds is 13. The lowest BCUT2D eigenvalue weighted by Crippen LogP contribution is -2.53. The van der Waals surface area contributed by atoms with Gasteiger partial charge in [-0.1, -0.05) is 102 Å². The number of sulfonamides is 1. The molecular formula is C34H34BrCl2N3O4S. The van der Waals surface area contributed by atoms with E-state index in [4.69, 9.17) is 23.2 Å². The number of anilines is 1. The molecule has 0 aliphatic rings. The minimum atomic E-state index is -4.26. The monoisotopic (exact) mass is 729 g/mol. The Morgan fingerprint density at radius 1 is 0.822 bits per heavy atom. The van der Waals surface area contributed by atoms with E-state index in [0.717, 1.165) is 19.9 Å². The molecule has 0 aliphatic carbocycles. The first-order chi connectivity index (χ1) is 21.4. The number of amides is 2. The van der Waals surface area contributed by atoms with E-state index >= 15 is 0 Å². The van der Waals surface area contributed by atoms with Gasteiger partial charge in [0, 0.05) is 34.0 Å². The Bertz CT molecular complexity index is 1720. The lowest BCUT2D eigenvalue weighted by atomic mass is 10.0. The molecule has 0 heterocycles. The van der Waals surface area contributed by atoms with Crippen LogP contribution in [-0.2, 0) is 32.6 Å². The van der Waals surface area contributed by atoms with Gasteiger partial charge in [-0.15, -0.1) is 0 Å². The van der Waals surface area contributed by atoms with Crippen LogP contribution in [0, 0.1) is 5.92 Å². The van der Waals surface area contributed by atoms with E-state index in [1.165, 1.54) is 35.2 Å². The molecule has 0 saturated carbocycles. The number of carbonyl (C=O) groups is 2. The van der Waals surface area contributed by atoms with E-state index in [1.807, 2.05) is 68.4 Å². The van der Waals surface area contributed by atoms with Gasteiger partial charge in [-0.05, 0) is 71.6 Å². The summed E-state index contributed by atoms with van der Waals surface area (Å²) in [5.74, 6) is -0.706. The summed E-state index contributed by atoms with van der Waals surface area (Å²) >= 11 is 15.8. The predicted molar refractivity (Wildman–Crippen MR) is 184 cm³/mol. The van der Waals surface area contributed by atoms with Crippen LogP contribution in [0.4, 0.5) is 5.69 Å². The van der Waals surface area contributed by atoms with E-state index in [0.29, 0.717) is 16.6 Å². The highest BCUT2D eigenvalue weighted by molar-refractivity contribution is 9.10. The number of benzene rings is 4. The lowest BCUT2D eigenvalue weighted by Gasteiger charge is -2.34. The highest BCUT2D eigenvalue weighted by atomic mass is 79.9. The van der Waals surface area contributed by atoms with Gasteiger partial charge in [0.25, 0.3) is 10.0 Å². The maximum Gasteiger partial charge on any atom is 0.264 e. The fraction of sp³-hybridized carbons (Fsp3) is 0.235. The molecule has 0 aromatic heterocycles. The summed E-state index contributed by atoms with van der Waals surface area (Å²) in [5, 5.41) is 3.66. The maximum absolute atomic E-state index is 14.5. The highest BCUT2D eigenvalue weighted by Crippen LogP contribution is 2.28. The summed E-state index contributed by atoms with van der Waals surface area (Å²) in [4.78, 5) is 29.7. The van der Waals surface area contributed by atoms with E-state index in [9.17, 15) is 18.0 Å². The molecule has 45 heavy (non-hydrogen) atoms. The molecule has 0 saturated heterocycles. The third-order valence-corrected chi connectivity index (χ3v) is 9.74. The highest BCUT2D eigenvalue weighted by Gasteiger charge is 2.34. The Morgan fingerprint density at radius 2 is 1.49 bits per heavy atom. The van der Waals surface area contributed by atoms with Crippen molar-refractivity contribution in [1.82, 2.24) is 10.2 Å². The van der Waals surface area contributed by atoms with E-state index in [-0.39, 0.29) is 35.4 Å². The molecule has 236 valence electrons. The minimum Gasteiger partial charge on any atom is -0.354 e. The molecule has 0 bridgehead atoms. The Kier molecular flexibility index (Phi) is 12.1. The Labute approximate surface area is 283 Å². The Hall–Kier alpha value is -3.37. The third-order valence-electron chi connectivity index (χ3n) is 6.97. The quantitative estimate of drug-likeness (QED) is 0.156. The van der Waals surface area contributed by atoms with Crippen LogP contribution in [0.15, 0.2) is 112 Å². The SMILES string of the molecule is CC(C)CNC(=O)[C@@H](Cc1ccccc1)N(Cc1cccc(Br)c1)C(=O)CN(c1cccc(Cl)c1)S(=O)(=O)c1ccc(Cl)cc1. The lowest BCUT2D eigenvalue weighted by molar-refractivity contribution is -0.140. The molecule has 7 nitrogen and oxygen atoms in total. The summed E-state index contributed by atoms with van der Waals surface area (Å²) in [6.07, 6.45) is 0.228. The van der Waals surface area contributed by atoms with Crippen molar-refractivity contribution in [2.75, 3.05) is 17.4 Å². The topological polar surface area (TPSA) is 86.8 Å². The number of hydrogen-bond acceptors (Lipinski definition) is 4. The van der Waals surface area contributed by atoms with Gasteiger partial charge in [0.05, 0.1) is 10.6 Å². The van der Waals surface area contributed by atoms with E-state index in [1.54, 1.807) is 18.2 Å². The van der Waals surface area contributed by atoms with Crippen molar-refractivity contribution >= 4 is 66.7 Å². The molecule has 4 aromatic rings. The average molecular weight is 732 g/mol. The van der Waals surface area contributed by atoms with E-state index in [2.05, 4.69) is 21.2 Å². The van der Waals surface area contributed by atoms with Crippen LogP contribution in [0.2, 0.25) is 10.0 Å². The molecule has 0 fully saturated rings. The smallest absolute Gasteiger partial charge is 0.264 e. The second-order valence-corrected chi connectivity index (χ2v) is 14.6. The van der Waals surface area contributed by atoms with Crippen LogP contribution < -0.4 is 9.62 Å². The van der Waals surface area contributed by atoms with Crippen LogP contribution in [0.3, 0.4) is 0 Å². The van der Waals surface area contributed by atoms with Gasteiger partial charge < -0.3 is 10.2 Å². The molecule has 0 aliphatic heterocycles. The Morgan fingerprint density at radius 3 is 2.13 bits per heavy atom. The molecule has 0 spiro atoms. The van der Waals surface area contributed by atoms with Gasteiger partial charge in [0.2, 0.25) is 11.8 Å². The van der Waals surface area contributed by atoms with Crippen molar-refractivity contribution in [2.45, 2.75) is 37.8 Å². The fourth-order valence-corrected chi connectivity index (χ4v) is 6.87. The van der Waals surface area contributed by atoms with Crippen LogP contribution in [0.5, 0.6) is 0 Å². The summed E-state index contributed by atoms with van der Waals surface area (Å²) in [7, 11) is -4.26. The van der Waals surface area contributed by atoms with Gasteiger partial charge in [-0.25, -0.2) is 8.42 Å². The number of nitrogens with zero attached hydrogens (tertiary/aromatic N) is 2. The number of halogens is 3. The van der Waals surface area contributed by atoms with Crippen LogP contribution in [0.25, 0.3) is 0 Å². The first-order valence-corrected chi connectivity index (χ1v) is 17.3. The summed E-state index contributed by atoms with van der Waals surface area (Å²) in [6.45, 7) is 3.88. The number of nitrogens with one attached hydrogen (secondary N) is 1. The normalized spacial score (nSPS) is 12.0. The number of carbonyl (C=O) groups excluding carboxylic acids is 2. The van der Waals surface area contributed by atoms with Crippen LogP contribution in [0.1, 0.15) is 25.0 Å². The zero-order valence-electron chi connectivity index (χ0n) is 24.9. The van der Waals surface area contributed by atoms with Crippen LogP contribution >= 0.6 is 39.1 Å². The molecule has 4 rings (SSSR count).